The van der Waals surface area contributed by atoms with Gasteiger partial charge in [-0.2, -0.15) is 0 Å². The molecule has 0 spiro atoms. The van der Waals surface area contributed by atoms with E-state index in [1.54, 1.807) is 0 Å². The first-order chi connectivity index (χ1) is 21.4. The van der Waals surface area contributed by atoms with Gasteiger partial charge in [-0.15, -0.1) is 0 Å². The second kappa shape index (κ2) is 18.4. The molecule has 4 atom stereocenters. The molecule has 3 aliphatic heterocycles. The van der Waals surface area contributed by atoms with Gasteiger partial charge in [0.1, 0.15) is 12.5 Å². The van der Waals surface area contributed by atoms with E-state index in [-0.39, 0.29) is 62.5 Å². The summed E-state index contributed by atoms with van der Waals surface area (Å²) in [6, 6.07) is 0. The van der Waals surface area contributed by atoms with Crippen LogP contribution >= 0.6 is 0 Å². The SMILES string of the molecule is CCOC1CNC(N2CCC(CCCOC3CCC(CC(=O)N4CC[C@@H](CNCC(CO)(CO)CO)C4)C(F)C3)CC2)NC1. The average molecular weight is 630 g/mol. The number of nitrogens with zero attached hydrogens (tertiary/aromatic N) is 2. The predicted octanol–water partition coefficient (Wildman–Crippen LogP) is 0.675. The molecule has 4 rings (SSSR count). The highest BCUT2D eigenvalue weighted by atomic mass is 19.1. The fraction of sp³-hybridized carbons (Fsp3) is 0.969. The number of rotatable bonds is 17. The number of carbonyl (C=O) groups is 1. The molecule has 0 aromatic rings. The molecule has 256 valence electrons. The number of alkyl halides is 1. The third-order valence-corrected chi connectivity index (χ3v) is 10.5. The van der Waals surface area contributed by atoms with Gasteiger partial charge in [0.15, 0.2) is 0 Å². The minimum Gasteiger partial charge on any atom is -0.396 e. The van der Waals surface area contributed by atoms with Crippen LogP contribution in [0.15, 0.2) is 0 Å². The van der Waals surface area contributed by atoms with Crippen LogP contribution in [0.5, 0.6) is 0 Å². The topological polar surface area (TPSA) is 139 Å². The Bertz CT molecular complexity index is 817. The number of halogens is 1. The number of amides is 1. The predicted molar refractivity (Wildman–Crippen MR) is 167 cm³/mol. The first-order valence-electron chi connectivity index (χ1n) is 17.3. The van der Waals surface area contributed by atoms with Gasteiger partial charge in [-0.1, -0.05) is 0 Å². The molecule has 0 aromatic heterocycles. The lowest BCUT2D eigenvalue weighted by Gasteiger charge is -2.41. The summed E-state index contributed by atoms with van der Waals surface area (Å²) < 4.78 is 26.9. The van der Waals surface area contributed by atoms with Crippen LogP contribution in [0.2, 0.25) is 0 Å². The second-order valence-electron chi connectivity index (χ2n) is 13.8. The first-order valence-corrected chi connectivity index (χ1v) is 17.3. The van der Waals surface area contributed by atoms with E-state index in [0.717, 1.165) is 64.4 Å². The van der Waals surface area contributed by atoms with Gasteiger partial charge in [-0.25, -0.2) is 4.39 Å². The van der Waals surface area contributed by atoms with Crippen molar-refractivity contribution in [1.29, 1.82) is 0 Å². The molecule has 11 nitrogen and oxygen atoms in total. The lowest BCUT2D eigenvalue weighted by Crippen LogP contribution is -2.64. The molecule has 0 aromatic carbocycles. The number of hydrogen-bond acceptors (Lipinski definition) is 10. The smallest absolute Gasteiger partial charge is 0.222 e. The van der Waals surface area contributed by atoms with Crippen LogP contribution in [-0.4, -0.2) is 141 Å². The van der Waals surface area contributed by atoms with Crippen LogP contribution in [0.1, 0.15) is 64.7 Å². The fourth-order valence-corrected chi connectivity index (χ4v) is 7.33. The largest absolute Gasteiger partial charge is 0.396 e. The van der Waals surface area contributed by atoms with Crippen molar-refractivity contribution in [2.24, 2.45) is 23.2 Å². The van der Waals surface area contributed by atoms with E-state index >= 15 is 4.39 Å². The normalized spacial score (nSPS) is 31.1. The van der Waals surface area contributed by atoms with Gasteiger partial charge >= 0.3 is 0 Å². The zero-order chi connectivity index (χ0) is 31.4. The highest BCUT2D eigenvalue weighted by Gasteiger charge is 2.36. The minimum absolute atomic E-state index is 0.0331. The third-order valence-electron chi connectivity index (χ3n) is 10.5. The van der Waals surface area contributed by atoms with Gasteiger partial charge in [0.05, 0.1) is 37.4 Å². The Kier molecular flexibility index (Phi) is 15.0. The van der Waals surface area contributed by atoms with E-state index < -0.39 is 11.6 Å². The molecule has 0 bridgehead atoms. The molecule has 3 unspecified atom stereocenters. The number of ether oxygens (including phenoxy) is 2. The summed E-state index contributed by atoms with van der Waals surface area (Å²) in [4.78, 5) is 17.3. The van der Waals surface area contributed by atoms with Gasteiger partial charge < -0.3 is 35.0 Å². The van der Waals surface area contributed by atoms with E-state index in [1.807, 2.05) is 11.8 Å². The highest BCUT2D eigenvalue weighted by molar-refractivity contribution is 5.76. The second-order valence-corrected chi connectivity index (χ2v) is 13.8. The fourth-order valence-electron chi connectivity index (χ4n) is 7.33. The van der Waals surface area contributed by atoms with Crippen LogP contribution in [0.4, 0.5) is 4.39 Å². The molecule has 1 aliphatic carbocycles. The zero-order valence-electron chi connectivity index (χ0n) is 26.9. The Morgan fingerprint density at radius 3 is 2.32 bits per heavy atom. The van der Waals surface area contributed by atoms with Gasteiger partial charge in [-0.05, 0) is 76.2 Å². The molecular weight excluding hydrogens is 569 g/mol. The van der Waals surface area contributed by atoms with Crippen LogP contribution in [0.25, 0.3) is 0 Å². The molecule has 44 heavy (non-hydrogen) atoms. The molecule has 0 radical (unpaired) electrons. The van der Waals surface area contributed by atoms with Crippen LogP contribution in [-0.2, 0) is 14.3 Å². The number of piperidine rings is 1. The molecule has 3 saturated heterocycles. The van der Waals surface area contributed by atoms with E-state index in [4.69, 9.17) is 9.47 Å². The number of aliphatic hydroxyl groups is 3. The van der Waals surface area contributed by atoms with Crippen molar-refractivity contribution in [2.45, 2.75) is 89.4 Å². The van der Waals surface area contributed by atoms with Gasteiger partial charge in [0.2, 0.25) is 5.91 Å². The van der Waals surface area contributed by atoms with Crippen molar-refractivity contribution in [3.63, 3.8) is 0 Å². The third kappa shape index (κ3) is 10.5. The number of likely N-dealkylation sites (tertiary alicyclic amines) is 2. The lowest BCUT2D eigenvalue weighted by molar-refractivity contribution is -0.132. The van der Waals surface area contributed by atoms with Crippen LogP contribution in [0.3, 0.4) is 0 Å². The lowest BCUT2D eigenvalue weighted by atomic mass is 9.83. The summed E-state index contributed by atoms with van der Waals surface area (Å²) in [7, 11) is 0. The molecule has 4 fully saturated rings. The van der Waals surface area contributed by atoms with Gasteiger partial charge in [-0.3, -0.25) is 20.3 Å². The van der Waals surface area contributed by atoms with Gasteiger partial charge in [0.25, 0.3) is 0 Å². The summed E-state index contributed by atoms with van der Waals surface area (Å²) in [5, 5.41) is 38.8. The molecule has 6 N–H and O–H groups in total. The van der Waals surface area contributed by atoms with Crippen LogP contribution in [0, 0.1) is 23.2 Å². The number of carbonyl (C=O) groups excluding carboxylic acids is 1. The number of aliphatic hydroxyl groups excluding tert-OH is 3. The summed E-state index contributed by atoms with van der Waals surface area (Å²) >= 11 is 0. The van der Waals surface area contributed by atoms with E-state index in [1.165, 1.54) is 12.8 Å². The molecular formula is C32H60FN5O6. The van der Waals surface area contributed by atoms with E-state index in [0.29, 0.717) is 45.6 Å². The Balaban J connectivity index is 1.04. The zero-order valence-corrected chi connectivity index (χ0v) is 26.9. The summed E-state index contributed by atoms with van der Waals surface area (Å²) in [5.74, 6) is 0.792. The van der Waals surface area contributed by atoms with Crippen molar-refractivity contribution in [1.82, 2.24) is 25.8 Å². The molecule has 3 heterocycles. The Hall–Kier alpha value is -0.960. The van der Waals surface area contributed by atoms with E-state index in [9.17, 15) is 20.1 Å². The summed E-state index contributed by atoms with van der Waals surface area (Å²) in [6.45, 7) is 8.81. The molecule has 1 amide bonds. The van der Waals surface area contributed by atoms with Crippen LogP contribution < -0.4 is 16.0 Å². The summed E-state index contributed by atoms with van der Waals surface area (Å²) in [6.07, 6.45) is 7.04. The van der Waals surface area contributed by atoms with Crippen molar-refractivity contribution >= 4 is 5.91 Å². The standard InChI is InChI=1S/C32H60FN5O6/c1-2-43-28-17-35-31(36-18-28)37-10-7-24(8-11-37)4-3-13-44-27-6-5-26(29(33)15-27)14-30(42)38-12-9-25(19-38)16-34-20-32(21-39,22-40)23-41/h24-29,31,34-36,39-41H,2-23H2,1H3/t25-,26?,27?,28?,29?,31?/m0/s1. The molecule has 1 saturated carbocycles. The van der Waals surface area contributed by atoms with Crippen molar-refractivity contribution in [2.75, 3.05) is 85.4 Å². The highest BCUT2D eigenvalue weighted by Crippen LogP contribution is 2.33. The quantitative estimate of drug-likeness (QED) is 0.127. The van der Waals surface area contributed by atoms with Gasteiger partial charge in [0, 0.05) is 71.9 Å². The monoisotopic (exact) mass is 629 g/mol. The van der Waals surface area contributed by atoms with Crippen molar-refractivity contribution < 1.29 is 34.0 Å². The average Bonchev–Trinajstić information content (AvgIpc) is 3.53. The maximum Gasteiger partial charge on any atom is 0.222 e. The minimum atomic E-state index is -1.00. The maximum absolute atomic E-state index is 15.1. The molecule has 12 heteroatoms. The van der Waals surface area contributed by atoms with Crippen molar-refractivity contribution in [3.8, 4) is 0 Å². The Labute approximate surface area is 263 Å². The molecule has 4 aliphatic rings. The first kappa shape index (κ1) is 35.9. The maximum atomic E-state index is 15.1. The number of nitrogens with one attached hydrogen (secondary N) is 3. The Morgan fingerprint density at radius 1 is 0.955 bits per heavy atom. The number of hydrogen-bond donors (Lipinski definition) is 6. The van der Waals surface area contributed by atoms with Crippen molar-refractivity contribution in [3.05, 3.63) is 0 Å². The summed E-state index contributed by atoms with van der Waals surface area (Å²) in [5.41, 5.74) is -0.940. The Morgan fingerprint density at radius 2 is 1.66 bits per heavy atom. The van der Waals surface area contributed by atoms with E-state index in [2.05, 4.69) is 20.9 Å².